The fourth-order valence-electron chi connectivity index (χ4n) is 2.38. The lowest BCUT2D eigenvalue weighted by atomic mass is 9.99. The Hall–Kier alpha value is -2.31. The zero-order chi connectivity index (χ0) is 17.3. The lowest BCUT2D eigenvalue weighted by molar-refractivity contribution is 0.0743. The molecule has 0 bridgehead atoms. The second-order valence-corrected chi connectivity index (χ2v) is 6.82. The van der Waals surface area contributed by atoms with Crippen molar-refractivity contribution in [3.63, 3.8) is 0 Å². The summed E-state index contributed by atoms with van der Waals surface area (Å²) in [6.45, 7) is 4.04. The Labute approximate surface area is 143 Å². The number of thiazole rings is 1. The van der Waals surface area contributed by atoms with Crippen LogP contribution in [-0.4, -0.2) is 21.9 Å². The van der Waals surface area contributed by atoms with Gasteiger partial charge in [0.2, 0.25) is 0 Å². The standard InChI is InChI=1S/C18H17FN2O2S/c1-10(2)20-18-21-14-8-7-11(9-15(14)24-18)16(22)17(23)12-5-3-4-6-13(12)19/h3-10,16,22H,1-2H3,(H,20,21). The molecule has 1 aromatic heterocycles. The highest BCUT2D eigenvalue weighted by Gasteiger charge is 2.22. The van der Waals surface area contributed by atoms with Crippen molar-refractivity contribution in [1.29, 1.82) is 0 Å². The van der Waals surface area contributed by atoms with Gasteiger partial charge in [-0.25, -0.2) is 9.37 Å². The SMILES string of the molecule is CC(C)Nc1nc2ccc(C(O)C(=O)c3ccccc3F)cc2s1. The van der Waals surface area contributed by atoms with Gasteiger partial charge in [-0.15, -0.1) is 0 Å². The molecule has 1 atom stereocenters. The zero-order valence-corrected chi connectivity index (χ0v) is 14.1. The summed E-state index contributed by atoms with van der Waals surface area (Å²) in [4.78, 5) is 16.8. The smallest absolute Gasteiger partial charge is 0.198 e. The Morgan fingerprint density at radius 2 is 2.00 bits per heavy atom. The zero-order valence-electron chi connectivity index (χ0n) is 13.3. The number of rotatable bonds is 5. The minimum atomic E-state index is -1.41. The van der Waals surface area contributed by atoms with Crippen LogP contribution in [0.4, 0.5) is 9.52 Å². The van der Waals surface area contributed by atoms with E-state index in [0.29, 0.717) is 5.56 Å². The highest BCUT2D eigenvalue weighted by molar-refractivity contribution is 7.22. The van der Waals surface area contributed by atoms with Gasteiger partial charge in [0, 0.05) is 6.04 Å². The highest BCUT2D eigenvalue weighted by atomic mass is 32.1. The van der Waals surface area contributed by atoms with Crippen LogP contribution < -0.4 is 5.32 Å². The van der Waals surface area contributed by atoms with Gasteiger partial charge in [0.1, 0.15) is 11.9 Å². The van der Waals surface area contributed by atoms with Gasteiger partial charge in [-0.1, -0.05) is 29.5 Å². The molecule has 0 aliphatic rings. The summed E-state index contributed by atoms with van der Waals surface area (Å²) in [5.41, 5.74) is 1.10. The minimum Gasteiger partial charge on any atom is -0.380 e. The van der Waals surface area contributed by atoms with Crippen LogP contribution in [0, 0.1) is 5.82 Å². The van der Waals surface area contributed by atoms with Crippen molar-refractivity contribution in [2.75, 3.05) is 5.32 Å². The van der Waals surface area contributed by atoms with E-state index in [4.69, 9.17) is 0 Å². The predicted molar refractivity (Wildman–Crippen MR) is 94.1 cm³/mol. The van der Waals surface area contributed by atoms with E-state index in [0.717, 1.165) is 15.3 Å². The summed E-state index contributed by atoms with van der Waals surface area (Å²) in [6.07, 6.45) is -1.41. The molecule has 3 rings (SSSR count). The van der Waals surface area contributed by atoms with E-state index in [1.165, 1.54) is 29.5 Å². The lowest BCUT2D eigenvalue weighted by Crippen LogP contribution is -2.13. The van der Waals surface area contributed by atoms with Crippen LogP contribution in [0.2, 0.25) is 0 Å². The van der Waals surface area contributed by atoms with Gasteiger partial charge in [-0.2, -0.15) is 0 Å². The fourth-order valence-corrected chi connectivity index (χ4v) is 3.44. The molecule has 6 heteroatoms. The van der Waals surface area contributed by atoms with Crippen LogP contribution in [0.25, 0.3) is 10.2 Å². The maximum Gasteiger partial charge on any atom is 0.198 e. The van der Waals surface area contributed by atoms with Crippen molar-refractivity contribution in [2.45, 2.75) is 26.0 Å². The molecule has 0 aliphatic heterocycles. The molecule has 24 heavy (non-hydrogen) atoms. The van der Waals surface area contributed by atoms with Crippen molar-refractivity contribution >= 4 is 32.5 Å². The molecule has 1 heterocycles. The summed E-state index contributed by atoms with van der Waals surface area (Å²) < 4.78 is 14.6. The number of anilines is 1. The number of carbonyl (C=O) groups is 1. The van der Waals surface area contributed by atoms with E-state index in [1.807, 2.05) is 13.8 Å². The number of aliphatic hydroxyl groups is 1. The third kappa shape index (κ3) is 3.29. The maximum absolute atomic E-state index is 13.7. The van der Waals surface area contributed by atoms with Gasteiger partial charge in [0.15, 0.2) is 10.9 Å². The number of fused-ring (bicyclic) bond motifs is 1. The van der Waals surface area contributed by atoms with Crippen molar-refractivity contribution in [3.05, 3.63) is 59.4 Å². The number of hydrogen-bond acceptors (Lipinski definition) is 5. The highest BCUT2D eigenvalue weighted by Crippen LogP contribution is 2.30. The molecule has 0 amide bonds. The van der Waals surface area contributed by atoms with Gasteiger partial charge < -0.3 is 10.4 Å². The number of aliphatic hydroxyl groups excluding tert-OH is 1. The average Bonchev–Trinajstić information content (AvgIpc) is 2.94. The molecule has 3 aromatic rings. The van der Waals surface area contributed by atoms with Crippen LogP contribution in [0.3, 0.4) is 0 Å². The molecule has 4 nitrogen and oxygen atoms in total. The molecular weight excluding hydrogens is 327 g/mol. The quantitative estimate of drug-likeness (QED) is 0.682. The van der Waals surface area contributed by atoms with E-state index < -0.39 is 17.7 Å². The van der Waals surface area contributed by atoms with Crippen LogP contribution in [0.5, 0.6) is 0 Å². The summed E-state index contributed by atoms with van der Waals surface area (Å²) in [7, 11) is 0. The Bertz CT molecular complexity index is 892. The first-order valence-corrected chi connectivity index (χ1v) is 8.41. The Balaban J connectivity index is 1.91. The topological polar surface area (TPSA) is 62.2 Å². The second kappa shape index (κ2) is 6.67. The number of nitrogens with one attached hydrogen (secondary N) is 1. The van der Waals surface area contributed by atoms with E-state index in [-0.39, 0.29) is 11.6 Å². The predicted octanol–water partition coefficient (Wildman–Crippen LogP) is 4.17. The number of ketones is 1. The number of aromatic nitrogens is 1. The van der Waals surface area contributed by atoms with E-state index in [1.54, 1.807) is 24.3 Å². The first-order valence-electron chi connectivity index (χ1n) is 7.59. The maximum atomic E-state index is 13.7. The summed E-state index contributed by atoms with van der Waals surface area (Å²) >= 11 is 1.45. The normalized spacial score (nSPS) is 12.5. The average molecular weight is 344 g/mol. The van der Waals surface area contributed by atoms with Crippen LogP contribution in [0.15, 0.2) is 42.5 Å². The van der Waals surface area contributed by atoms with Gasteiger partial charge in [0.05, 0.1) is 15.8 Å². The number of nitrogens with zero attached hydrogens (tertiary/aromatic N) is 1. The molecule has 0 saturated heterocycles. The molecular formula is C18H17FN2O2S. The Morgan fingerprint density at radius 3 is 2.71 bits per heavy atom. The van der Waals surface area contributed by atoms with Crippen molar-refractivity contribution in [1.82, 2.24) is 4.98 Å². The Kier molecular flexibility index (Phi) is 4.59. The summed E-state index contributed by atoms with van der Waals surface area (Å²) in [6, 6.07) is 11.0. The molecule has 2 N–H and O–H groups in total. The molecule has 0 aliphatic carbocycles. The van der Waals surface area contributed by atoms with E-state index in [9.17, 15) is 14.3 Å². The molecule has 0 saturated carbocycles. The van der Waals surface area contributed by atoms with Crippen molar-refractivity contribution < 1.29 is 14.3 Å². The van der Waals surface area contributed by atoms with Gasteiger partial charge in [-0.3, -0.25) is 4.79 Å². The van der Waals surface area contributed by atoms with E-state index >= 15 is 0 Å². The van der Waals surface area contributed by atoms with E-state index in [2.05, 4.69) is 10.3 Å². The third-order valence-electron chi connectivity index (χ3n) is 3.53. The molecule has 0 fully saturated rings. The first-order chi connectivity index (χ1) is 11.5. The first kappa shape index (κ1) is 16.5. The van der Waals surface area contributed by atoms with Crippen LogP contribution in [-0.2, 0) is 0 Å². The number of hydrogen-bond donors (Lipinski definition) is 2. The van der Waals surface area contributed by atoms with Crippen LogP contribution >= 0.6 is 11.3 Å². The summed E-state index contributed by atoms with van der Waals surface area (Å²) in [5.74, 6) is -1.29. The molecule has 124 valence electrons. The monoisotopic (exact) mass is 344 g/mol. The van der Waals surface area contributed by atoms with Gasteiger partial charge >= 0.3 is 0 Å². The molecule has 0 radical (unpaired) electrons. The number of Topliss-reactive ketones (excluding diaryl/α,β-unsaturated/α-hetero) is 1. The van der Waals surface area contributed by atoms with Gasteiger partial charge in [-0.05, 0) is 43.7 Å². The Morgan fingerprint density at radius 1 is 1.25 bits per heavy atom. The van der Waals surface area contributed by atoms with Crippen LogP contribution in [0.1, 0.15) is 35.9 Å². The molecule has 2 aromatic carbocycles. The lowest BCUT2D eigenvalue weighted by Gasteiger charge is -2.10. The molecule has 1 unspecified atom stereocenters. The number of halogens is 1. The van der Waals surface area contributed by atoms with Crippen molar-refractivity contribution in [3.8, 4) is 0 Å². The fraction of sp³-hybridized carbons (Fsp3) is 0.222. The molecule has 0 spiro atoms. The third-order valence-corrected chi connectivity index (χ3v) is 4.48. The second-order valence-electron chi connectivity index (χ2n) is 5.79. The van der Waals surface area contributed by atoms with Crippen molar-refractivity contribution in [2.24, 2.45) is 0 Å². The summed E-state index contributed by atoms with van der Waals surface area (Å²) in [5, 5.41) is 14.3. The number of carbonyl (C=O) groups excluding carboxylic acids is 1. The minimum absolute atomic E-state index is 0.114. The van der Waals surface area contributed by atoms with Gasteiger partial charge in [0.25, 0.3) is 0 Å². The number of benzene rings is 2. The largest absolute Gasteiger partial charge is 0.380 e.